The SMILES string of the molecule is CC(=O)OCC1=C(C)[C@@H](O)C[C@H]2C(C)(C)CCC[C@]12C. The summed E-state index contributed by atoms with van der Waals surface area (Å²) in [6.45, 7) is 10.7. The molecule has 3 nitrogen and oxygen atoms in total. The molecule has 0 saturated heterocycles. The summed E-state index contributed by atoms with van der Waals surface area (Å²) in [6.07, 6.45) is 3.98. The highest BCUT2D eigenvalue weighted by molar-refractivity contribution is 5.66. The third-order valence-corrected chi connectivity index (χ3v) is 5.77. The molecule has 1 fully saturated rings. The normalized spacial score (nSPS) is 36.5. The van der Waals surface area contributed by atoms with E-state index in [0.717, 1.165) is 24.0 Å². The smallest absolute Gasteiger partial charge is 0.302 e. The standard InChI is InChI=1S/C17H28O3/c1-11-13(10-20-12(2)18)17(5)8-6-7-16(3,4)15(17)9-14(11)19/h14-15,19H,6-10H2,1-5H3/t14-,15-,17+/m0/s1. The van der Waals surface area contributed by atoms with E-state index >= 15 is 0 Å². The predicted octanol–water partition coefficient (Wildman–Crippen LogP) is 3.46. The van der Waals surface area contributed by atoms with Crippen molar-refractivity contribution in [3.05, 3.63) is 11.1 Å². The molecule has 20 heavy (non-hydrogen) atoms. The highest BCUT2D eigenvalue weighted by Crippen LogP contribution is 2.59. The Hall–Kier alpha value is -0.830. The minimum absolute atomic E-state index is 0.0561. The first-order valence-electron chi connectivity index (χ1n) is 7.70. The van der Waals surface area contributed by atoms with Crippen LogP contribution in [-0.2, 0) is 9.53 Å². The van der Waals surface area contributed by atoms with Crippen molar-refractivity contribution in [2.24, 2.45) is 16.7 Å². The second-order valence-corrected chi connectivity index (χ2v) is 7.51. The molecular formula is C17H28O3. The van der Waals surface area contributed by atoms with Crippen molar-refractivity contribution < 1.29 is 14.6 Å². The van der Waals surface area contributed by atoms with Gasteiger partial charge in [-0.25, -0.2) is 0 Å². The van der Waals surface area contributed by atoms with E-state index in [4.69, 9.17) is 4.74 Å². The molecule has 0 heterocycles. The van der Waals surface area contributed by atoms with E-state index in [1.165, 1.54) is 19.8 Å². The average molecular weight is 280 g/mol. The van der Waals surface area contributed by atoms with Crippen LogP contribution in [0.3, 0.4) is 0 Å². The fourth-order valence-corrected chi connectivity index (χ4v) is 4.57. The van der Waals surface area contributed by atoms with Crippen LogP contribution < -0.4 is 0 Å². The first-order chi connectivity index (χ1) is 9.18. The number of aliphatic hydroxyl groups is 1. The van der Waals surface area contributed by atoms with Crippen LogP contribution in [0.25, 0.3) is 0 Å². The zero-order valence-corrected chi connectivity index (χ0v) is 13.5. The maximum absolute atomic E-state index is 11.2. The van der Waals surface area contributed by atoms with E-state index in [0.29, 0.717) is 12.5 Å². The molecule has 0 aromatic carbocycles. The van der Waals surface area contributed by atoms with Crippen LogP contribution >= 0.6 is 0 Å². The lowest BCUT2D eigenvalue weighted by molar-refractivity contribution is -0.140. The molecule has 0 aliphatic heterocycles. The van der Waals surface area contributed by atoms with Crippen LogP contribution in [0.1, 0.15) is 60.3 Å². The van der Waals surface area contributed by atoms with Crippen LogP contribution in [-0.4, -0.2) is 23.8 Å². The Morgan fingerprint density at radius 1 is 1.35 bits per heavy atom. The number of carbonyl (C=O) groups is 1. The summed E-state index contributed by atoms with van der Waals surface area (Å²) in [6, 6.07) is 0. The van der Waals surface area contributed by atoms with Crippen molar-refractivity contribution in [1.82, 2.24) is 0 Å². The highest BCUT2D eigenvalue weighted by Gasteiger charge is 2.52. The molecule has 1 saturated carbocycles. The van der Waals surface area contributed by atoms with Crippen molar-refractivity contribution in [2.45, 2.75) is 66.4 Å². The van der Waals surface area contributed by atoms with Crippen molar-refractivity contribution in [3.63, 3.8) is 0 Å². The van der Waals surface area contributed by atoms with Crippen LogP contribution in [0.4, 0.5) is 0 Å². The zero-order valence-electron chi connectivity index (χ0n) is 13.5. The number of aliphatic hydroxyl groups excluding tert-OH is 1. The van der Waals surface area contributed by atoms with Gasteiger partial charge < -0.3 is 9.84 Å². The van der Waals surface area contributed by atoms with Gasteiger partial charge in [0, 0.05) is 6.92 Å². The van der Waals surface area contributed by atoms with E-state index in [1.54, 1.807) is 0 Å². The van der Waals surface area contributed by atoms with Gasteiger partial charge in [0.1, 0.15) is 6.61 Å². The molecule has 0 amide bonds. The number of rotatable bonds is 2. The number of esters is 1. The summed E-state index contributed by atoms with van der Waals surface area (Å²) in [5.74, 6) is 0.202. The van der Waals surface area contributed by atoms with E-state index in [9.17, 15) is 9.90 Å². The summed E-state index contributed by atoms with van der Waals surface area (Å²) in [5, 5.41) is 10.4. The second kappa shape index (κ2) is 5.18. The lowest BCUT2D eigenvalue weighted by Gasteiger charge is -2.55. The lowest BCUT2D eigenvalue weighted by atomic mass is 9.50. The Labute approximate surface area is 122 Å². The van der Waals surface area contributed by atoms with Gasteiger partial charge in [0.05, 0.1) is 6.10 Å². The van der Waals surface area contributed by atoms with Crippen LogP contribution in [0.15, 0.2) is 11.1 Å². The summed E-state index contributed by atoms with van der Waals surface area (Å²) < 4.78 is 5.27. The maximum atomic E-state index is 11.2. The van der Waals surface area contributed by atoms with Gasteiger partial charge in [-0.05, 0) is 54.1 Å². The molecule has 2 aliphatic carbocycles. The Balaban J connectivity index is 2.39. The van der Waals surface area contributed by atoms with Crippen LogP contribution in [0, 0.1) is 16.7 Å². The number of carbonyl (C=O) groups excluding carboxylic acids is 1. The molecule has 0 radical (unpaired) electrons. The van der Waals surface area contributed by atoms with E-state index in [2.05, 4.69) is 20.8 Å². The monoisotopic (exact) mass is 280 g/mol. The Bertz CT molecular complexity index is 436. The topological polar surface area (TPSA) is 46.5 Å². The molecule has 0 spiro atoms. The zero-order chi connectivity index (χ0) is 15.1. The van der Waals surface area contributed by atoms with Crippen molar-refractivity contribution >= 4 is 5.97 Å². The molecule has 0 bridgehead atoms. The molecular weight excluding hydrogens is 252 g/mol. The Morgan fingerprint density at radius 2 is 2.00 bits per heavy atom. The average Bonchev–Trinajstić information content (AvgIpc) is 2.31. The second-order valence-electron chi connectivity index (χ2n) is 7.51. The minimum Gasteiger partial charge on any atom is -0.461 e. The van der Waals surface area contributed by atoms with Crippen molar-refractivity contribution in [1.29, 1.82) is 0 Å². The first-order valence-corrected chi connectivity index (χ1v) is 7.70. The number of ether oxygens (including phenoxy) is 1. The number of hydrogen-bond acceptors (Lipinski definition) is 3. The molecule has 114 valence electrons. The quantitative estimate of drug-likeness (QED) is 0.622. The molecule has 0 unspecified atom stereocenters. The fraction of sp³-hybridized carbons (Fsp3) is 0.824. The van der Waals surface area contributed by atoms with Crippen molar-refractivity contribution in [2.75, 3.05) is 6.61 Å². The highest BCUT2D eigenvalue weighted by atomic mass is 16.5. The van der Waals surface area contributed by atoms with E-state index in [1.807, 2.05) is 6.92 Å². The maximum Gasteiger partial charge on any atom is 0.302 e. The third kappa shape index (κ3) is 2.52. The summed E-state index contributed by atoms with van der Waals surface area (Å²) in [7, 11) is 0. The van der Waals surface area contributed by atoms with Gasteiger partial charge in [-0.2, -0.15) is 0 Å². The Morgan fingerprint density at radius 3 is 2.60 bits per heavy atom. The van der Waals surface area contributed by atoms with Crippen LogP contribution in [0.2, 0.25) is 0 Å². The third-order valence-electron chi connectivity index (χ3n) is 5.77. The molecule has 2 rings (SSSR count). The molecule has 0 aromatic heterocycles. The van der Waals surface area contributed by atoms with Gasteiger partial charge in [-0.15, -0.1) is 0 Å². The molecule has 0 aromatic rings. The lowest BCUT2D eigenvalue weighted by Crippen LogP contribution is -2.49. The largest absolute Gasteiger partial charge is 0.461 e. The van der Waals surface area contributed by atoms with E-state index < -0.39 is 6.10 Å². The van der Waals surface area contributed by atoms with Crippen LogP contribution in [0.5, 0.6) is 0 Å². The fourth-order valence-electron chi connectivity index (χ4n) is 4.57. The summed E-state index contributed by atoms with van der Waals surface area (Å²) >= 11 is 0. The van der Waals surface area contributed by atoms with Crippen molar-refractivity contribution in [3.8, 4) is 0 Å². The predicted molar refractivity (Wildman–Crippen MR) is 79.2 cm³/mol. The van der Waals surface area contributed by atoms with Gasteiger partial charge in [0.25, 0.3) is 0 Å². The molecule has 3 atom stereocenters. The first kappa shape index (κ1) is 15.6. The van der Waals surface area contributed by atoms with E-state index in [-0.39, 0.29) is 16.8 Å². The summed E-state index contributed by atoms with van der Waals surface area (Å²) in [4.78, 5) is 11.2. The van der Waals surface area contributed by atoms with Gasteiger partial charge in [-0.3, -0.25) is 4.79 Å². The molecule has 1 N–H and O–H groups in total. The number of hydrogen-bond donors (Lipinski definition) is 1. The Kier molecular flexibility index (Phi) is 4.03. The summed E-state index contributed by atoms with van der Waals surface area (Å²) in [5.41, 5.74) is 2.46. The number of fused-ring (bicyclic) bond motifs is 1. The molecule has 3 heteroatoms. The minimum atomic E-state index is -0.393. The molecule has 2 aliphatic rings. The van der Waals surface area contributed by atoms with Gasteiger partial charge in [-0.1, -0.05) is 27.2 Å². The van der Waals surface area contributed by atoms with Gasteiger partial charge in [0.15, 0.2) is 0 Å². The van der Waals surface area contributed by atoms with Gasteiger partial charge in [0.2, 0.25) is 0 Å². The van der Waals surface area contributed by atoms with Gasteiger partial charge >= 0.3 is 5.97 Å².